The van der Waals surface area contributed by atoms with E-state index >= 15 is 0 Å². The van der Waals surface area contributed by atoms with Crippen molar-refractivity contribution in [2.75, 3.05) is 5.32 Å². The summed E-state index contributed by atoms with van der Waals surface area (Å²) in [6.07, 6.45) is 0.918. The second-order valence-electron chi connectivity index (χ2n) is 4.40. The second-order valence-corrected chi connectivity index (χ2v) is 4.40. The second kappa shape index (κ2) is 6.55. The Kier molecular flexibility index (Phi) is 4.54. The normalized spacial score (nSPS) is 10.3. The van der Waals surface area contributed by atoms with E-state index in [0.29, 0.717) is 30.9 Å². The molecule has 2 aromatic rings. The molecule has 0 spiro atoms. The molecule has 0 unspecified atom stereocenters. The van der Waals surface area contributed by atoms with Gasteiger partial charge < -0.3 is 5.32 Å². The van der Waals surface area contributed by atoms with Crippen molar-refractivity contribution in [3.8, 4) is 0 Å². The SMILES string of the molecule is Cc1nnnn1CCCC(=O)Nc1ccc([N+](=O)[O-])cc1. The van der Waals surface area contributed by atoms with Gasteiger partial charge in [-0.1, -0.05) is 0 Å². The predicted molar refractivity (Wildman–Crippen MR) is 73.5 cm³/mol. The third kappa shape index (κ3) is 4.06. The number of hydrogen-bond acceptors (Lipinski definition) is 6. The van der Waals surface area contributed by atoms with Crippen LogP contribution in [0.25, 0.3) is 0 Å². The third-order valence-corrected chi connectivity index (χ3v) is 2.85. The molecule has 0 aliphatic carbocycles. The Morgan fingerprint density at radius 2 is 2.10 bits per heavy atom. The summed E-state index contributed by atoms with van der Waals surface area (Å²) < 4.78 is 1.62. The van der Waals surface area contributed by atoms with E-state index in [-0.39, 0.29) is 11.6 Å². The number of anilines is 1. The Morgan fingerprint density at radius 3 is 2.67 bits per heavy atom. The number of rotatable bonds is 6. The van der Waals surface area contributed by atoms with Gasteiger partial charge in [-0.05, 0) is 35.9 Å². The van der Waals surface area contributed by atoms with Crippen LogP contribution in [0.1, 0.15) is 18.7 Å². The molecule has 0 saturated carbocycles. The maximum Gasteiger partial charge on any atom is 0.269 e. The van der Waals surface area contributed by atoms with Crippen LogP contribution in [-0.2, 0) is 11.3 Å². The molecule has 0 atom stereocenters. The highest BCUT2D eigenvalue weighted by atomic mass is 16.6. The van der Waals surface area contributed by atoms with E-state index in [9.17, 15) is 14.9 Å². The number of aryl methyl sites for hydroxylation is 2. The fourth-order valence-corrected chi connectivity index (χ4v) is 1.74. The van der Waals surface area contributed by atoms with Crippen LogP contribution < -0.4 is 5.32 Å². The molecule has 1 heterocycles. The lowest BCUT2D eigenvalue weighted by Gasteiger charge is -2.05. The fourth-order valence-electron chi connectivity index (χ4n) is 1.74. The Hall–Kier alpha value is -2.84. The predicted octanol–water partition coefficient (Wildman–Crippen LogP) is 1.31. The summed E-state index contributed by atoms with van der Waals surface area (Å²) in [5, 5.41) is 24.2. The first-order chi connectivity index (χ1) is 10.1. The Balaban J connectivity index is 1.79. The highest BCUT2D eigenvalue weighted by Crippen LogP contribution is 2.15. The van der Waals surface area contributed by atoms with Crippen LogP contribution in [0.2, 0.25) is 0 Å². The van der Waals surface area contributed by atoms with E-state index in [1.54, 1.807) is 11.6 Å². The van der Waals surface area contributed by atoms with E-state index in [1.165, 1.54) is 24.3 Å². The number of benzene rings is 1. The number of non-ortho nitro benzene ring substituents is 1. The zero-order valence-electron chi connectivity index (χ0n) is 11.4. The molecular formula is C12H14N6O3. The van der Waals surface area contributed by atoms with E-state index in [2.05, 4.69) is 20.8 Å². The Morgan fingerprint density at radius 1 is 1.38 bits per heavy atom. The molecule has 1 aromatic heterocycles. The van der Waals surface area contributed by atoms with Crippen molar-refractivity contribution < 1.29 is 9.72 Å². The van der Waals surface area contributed by atoms with E-state index in [4.69, 9.17) is 0 Å². The van der Waals surface area contributed by atoms with Gasteiger partial charge in [0.25, 0.3) is 5.69 Å². The molecule has 0 saturated heterocycles. The molecule has 9 nitrogen and oxygen atoms in total. The smallest absolute Gasteiger partial charge is 0.269 e. The number of nitro benzene ring substituents is 1. The fraction of sp³-hybridized carbons (Fsp3) is 0.333. The quantitative estimate of drug-likeness (QED) is 0.633. The molecule has 1 N–H and O–H groups in total. The summed E-state index contributed by atoms with van der Waals surface area (Å²) in [5.74, 6) is 0.542. The number of tetrazole rings is 1. The van der Waals surface area contributed by atoms with Crippen molar-refractivity contribution in [3.63, 3.8) is 0 Å². The topological polar surface area (TPSA) is 116 Å². The van der Waals surface area contributed by atoms with Crippen molar-refractivity contribution in [3.05, 3.63) is 40.2 Å². The minimum atomic E-state index is -0.486. The summed E-state index contributed by atoms with van der Waals surface area (Å²) in [4.78, 5) is 21.8. The molecule has 0 radical (unpaired) electrons. The highest BCUT2D eigenvalue weighted by molar-refractivity contribution is 5.90. The lowest BCUT2D eigenvalue weighted by molar-refractivity contribution is -0.384. The summed E-state index contributed by atoms with van der Waals surface area (Å²) in [7, 11) is 0. The van der Waals surface area contributed by atoms with Gasteiger partial charge in [0, 0.05) is 30.8 Å². The third-order valence-electron chi connectivity index (χ3n) is 2.85. The first-order valence-electron chi connectivity index (χ1n) is 6.33. The van der Waals surface area contributed by atoms with Crippen LogP contribution in [0.5, 0.6) is 0 Å². The van der Waals surface area contributed by atoms with Crippen LogP contribution in [0.15, 0.2) is 24.3 Å². The van der Waals surface area contributed by atoms with Gasteiger partial charge in [-0.25, -0.2) is 4.68 Å². The molecule has 9 heteroatoms. The average molecular weight is 290 g/mol. The number of carbonyl (C=O) groups is 1. The molecule has 0 fully saturated rings. The molecule has 21 heavy (non-hydrogen) atoms. The number of aromatic nitrogens is 4. The number of carbonyl (C=O) groups excluding carboxylic acids is 1. The van der Waals surface area contributed by atoms with Crippen molar-refractivity contribution in [2.24, 2.45) is 0 Å². The highest BCUT2D eigenvalue weighted by Gasteiger charge is 2.07. The molecular weight excluding hydrogens is 276 g/mol. The van der Waals surface area contributed by atoms with Crippen LogP contribution in [0.3, 0.4) is 0 Å². The van der Waals surface area contributed by atoms with Crippen molar-refractivity contribution >= 4 is 17.3 Å². The summed E-state index contributed by atoms with van der Waals surface area (Å²) in [6.45, 7) is 2.35. The molecule has 0 bridgehead atoms. The van der Waals surface area contributed by atoms with Crippen LogP contribution >= 0.6 is 0 Å². The number of nitro groups is 1. The maximum atomic E-state index is 11.7. The Bertz CT molecular complexity index is 637. The van der Waals surface area contributed by atoms with E-state index in [0.717, 1.165) is 0 Å². The van der Waals surface area contributed by atoms with Gasteiger partial charge in [-0.2, -0.15) is 0 Å². The van der Waals surface area contributed by atoms with Crippen LogP contribution in [0.4, 0.5) is 11.4 Å². The van der Waals surface area contributed by atoms with Gasteiger partial charge in [0.15, 0.2) is 0 Å². The van der Waals surface area contributed by atoms with Crippen LogP contribution in [-0.4, -0.2) is 31.0 Å². The average Bonchev–Trinajstić information content (AvgIpc) is 2.85. The van der Waals surface area contributed by atoms with E-state index < -0.39 is 4.92 Å². The van der Waals surface area contributed by atoms with Gasteiger partial charge in [0.05, 0.1) is 4.92 Å². The lowest BCUT2D eigenvalue weighted by atomic mass is 10.2. The molecule has 1 amide bonds. The van der Waals surface area contributed by atoms with Crippen molar-refractivity contribution in [1.29, 1.82) is 0 Å². The van der Waals surface area contributed by atoms with Crippen molar-refractivity contribution in [1.82, 2.24) is 20.2 Å². The number of nitrogens with zero attached hydrogens (tertiary/aromatic N) is 5. The van der Waals surface area contributed by atoms with Gasteiger partial charge in [-0.15, -0.1) is 5.10 Å². The number of amides is 1. The molecule has 1 aromatic carbocycles. The maximum absolute atomic E-state index is 11.7. The van der Waals surface area contributed by atoms with Crippen LogP contribution in [0, 0.1) is 17.0 Å². The van der Waals surface area contributed by atoms with Gasteiger partial charge in [0.1, 0.15) is 5.82 Å². The summed E-state index contributed by atoms with van der Waals surface area (Å²) >= 11 is 0. The Labute approximate surface area is 120 Å². The zero-order chi connectivity index (χ0) is 15.2. The van der Waals surface area contributed by atoms with Gasteiger partial charge >= 0.3 is 0 Å². The molecule has 0 aliphatic heterocycles. The zero-order valence-corrected chi connectivity index (χ0v) is 11.4. The van der Waals surface area contributed by atoms with Gasteiger partial charge in [-0.3, -0.25) is 14.9 Å². The first kappa shape index (κ1) is 14.6. The van der Waals surface area contributed by atoms with Gasteiger partial charge in [0.2, 0.25) is 5.91 Å². The monoisotopic (exact) mass is 290 g/mol. The summed E-state index contributed by atoms with van der Waals surface area (Å²) in [5.41, 5.74) is 0.520. The minimum Gasteiger partial charge on any atom is -0.326 e. The molecule has 110 valence electrons. The van der Waals surface area contributed by atoms with E-state index in [1.807, 2.05) is 0 Å². The standard InChI is InChI=1S/C12H14N6O3/c1-9-14-15-16-17(9)8-2-3-12(19)13-10-4-6-11(7-5-10)18(20)21/h4-7H,2-3,8H2,1H3,(H,13,19). The number of nitrogens with one attached hydrogen (secondary N) is 1. The minimum absolute atomic E-state index is 0.0119. The first-order valence-corrected chi connectivity index (χ1v) is 6.33. The summed E-state index contributed by atoms with van der Waals surface area (Å²) in [6, 6.07) is 5.70. The molecule has 0 aliphatic rings. The lowest BCUT2D eigenvalue weighted by Crippen LogP contribution is -2.13. The molecule has 2 rings (SSSR count). The van der Waals surface area contributed by atoms with Crippen molar-refractivity contribution in [2.45, 2.75) is 26.3 Å². The number of hydrogen-bond donors (Lipinski definition) is 1. The largest absolute Gasteiger partial charge is 0.326 e.